The molecule has 0 aromatic carbocycles. The SMILES string of the molecule is NS(=O)(=O)CCC1(F)CCC1. The number of halogens is 1. The quantitative estimate of drug-likeness (QED) is 0.691. The molecule has 0 unspecified atom stereocenters. The van der Waals surface area contributed by atoms with Gasteiger partial charge in [-0.15, -0.1) is 0 Å². The van der Waals surface area contributed by atoms with Crippen molar-refractivity contribution < 1.29 is 12.8 Å². The van der Waals surface area contributed by atoms with E-state index < -0.39 is 15.7 Å². The molecule has 0 aliphatic heterocycles. The van der Waals surface area contributed by atoms with Crippen LogP contribution in [0, 0.1) is 0 Å². The smallest absolute Gasteiger partial charge is 0.209 e. The normalized spacial score (nSPS) is 22.7. The van der Waals surface area contributed by atoms with Crippen LogP contribution < -0.4 is 5.14 Å². The van der Waals surface area contributed by atoms with Crippen LogP contribution in [0.2, 0.25) is 0 Å². The third kappa shape index (κ3) is 2.75. The Bertz CT molecular complexity index is 233. The summed E-state index contributed by atoms with van der Waals surface area (Å²) in [6, 6.07) is 0. The van der Waals surface area contributed by atoms with Crippen molar-refractivity contribution in [3.05, 3.63) is 0 Å². The molecular weight excluding hydrogens is 169 g/mol. The third-order valence-electron chi connectivity index (χ3n) is 2.08. The van der Waals surface area contributed by atoms with Gasteiger partial charge in [-0.05, 0) is 25.7 Å². The summed E-state index contributed by atoms with van der Waals surface area (Å²) >= 11 is 0. The van der Waals surface area contributed by atoms with Gasteiger partial charge in [-0.3, -0.25) is 0 Å². The van der Waals surface area contributed by atoms with E-state index in [4.69, 9.17) is 5.14 Å². The average molecular weight is 181 g/mol. The van der Waals surface area contributed by atoms with Gasteiger partial charge in [0.15, 0.2) is 0 Å². The van der Waals surface area contributed by atoms with E-state index in [0.29, 0.717) is 12.8 Å². The first-order valence-electron chi connectivity index (χ1n) is 3.61. The summed E-state index contributed by atoms with van der Waals surface area (Å²) in [6.07, 6.45) is 1.90. The van der Waals surface area contributed by atoms with E-state index in [1.54, 1.807) is 0 Å². The van der Waals surface area contributed by atoms with Crippen molar-refractivity contribution in [3.8, 4) is 0 Å². The number of sulfonamides is 1. The zero-order valence-electron chi connectivity index (χ0n) is 6.22. The standard InChI is InChI=1S/C6H12FNO2S/c7-6(2-1-3-6)4-5-11(8,9)10/h1-5H2,(H2,8,9,10). The molecule has 0 amide bonds. The van der Waals surface area contributed by atoms with E-state index >= 15 is 0 Å². The highest BCUT2D eigenvalue weighted by Crippen LogP contribution is 2.38. The van der Waals surface area contributed by atoms with Crippen molar-refractivity contribution in [3.63, 3.8) is 0 Å². The minimum Gasteiger partial charge on any atom is -0.244 e. The maximum absolute atomic E-state index is 13.1. The highest BCUT2D eigenvalue weighted by Gasteiger charge is 2.37. The first-order valence-corrected chi connectivity index (χ1v) is 5.32. The molecule has 66 valence electrons. The summed E-state index contributed by atoms with van der Waals surface area (Å²) in [5.74, 6) is -0.233. The van der Waals surface area contributed by atoms with Crippen LogP contribution in [0.4, 0.5) is 4.39 Å². The van der Waals surface area contributed by atoms with Crippen LogP contribution in [0.15, 0.2) is 0 Å². The molecule has 1 aliphatic rings. The maximum atomic E-state index is 13.1. The molecule has 1 saturated carbocycles. The van der Waals surface area contributed by atoms with Gasteiger partial charge in [0, 0.05) is 0 Å². The predicted octanol–water partition coefficient (Wildman–Crippen LogP) is 0.557. The van der Waals surface area contributed by atoms with Crippen LogP contribution in [0.1, 0.15) is 25.7 Å². The topological polar surface area (TPSA) is 60.2 Å². The molecule has 0 spiro atoms. The fourth-order valence-electron chi connectivity index (χ4n) is 1.14. The Morgan fingerprint density at radius 2 is 2.00 bits per heavy atom. The molecule has 1 aliphatic carbocycles. The molecule has 1 rings (SSSR count). The van der Waals surface area contributed by atoms with Crippen LogP contribution in [-0.2, 0) is 10.0 Å². The van der Waals surface area contributed by atoms with Gasteiger partial charge in [0.05, 0.1) is 5.75 Å². The van der Waals surface area contributed by atoms with Crippen molar-refractivity contribution in [2.24, 2.45) is 5.14 Å². The molecule has 1 fully saturated rings. The van der Waals surface area contributed by atoms with Crippen molar-refractivity contribution in [2.45, 2.75) is 31.4 Å². The lowest BCUT2D eigenvalue weighted by atomic mass is 9.80. The first-order chi connectivity index (χ1) is 4.91. The van der Waals surface area contributed by atoms with Crippen molar-refractivity contribution in [2.75, 3.05) is 5.75 Å². The Labute approximate surface area is 65.8 Å². The molecule has 0 aromatic rings. The second kappa shape index (κ2) is 2.71. The van der Waals surface area contributed by atoms with E-state index in [1.807, 2.05) is 0 Å². The summed E-state index contributed by atoms with van der Waals surface area (Å²) in [5, 5.41) is 4.73. The van der Waals surface area contributed by atoms with Gasteiger partial charge in [-0.2, -0.15) is 0 Å². The lowest BCUT2D eigenvalue weighted by molar-refractivity contribution is 0.0603. The van der Waals surface area contributed by atoms with Crippen LogP contribution in [0.25, 0.3) is 0 Å². The third-order valence-corrected chi connectivity index (χ3v) is 2.86. The molecular formula is C6H12FNO2S. The van der Waals surface area contributed by atoms with E-state index in [0.717, 1.165) is 6.42 Å². The number of hydrogen-bond donors (Lipinski definition) is 1. The monoisotopic (exact) mass is 181 g/mol. The zero-order chi connectivity index (χ0) is 8.54. The highest BCUT2D eigenvalue weighted by atomic mass is 32.2. The van der Waals surface area contributed by atoms with Crippen LogP contribution in [0.3, 0.4) is 0 Å². The molecule has 0 heterocycles. The maximum Gasteiger partial charge on any atom is 0.209 e. The molecule has 3 nitrogen and oxygen atoms in total. The summed E-state index contributed by atoms with van der Waals surface area (Å²) in [7, 11) is -3.47. The van der Waals surface area contributed by atoms with Crippen molar-refractivity contribution in [1.82, 2.24) is 0 Å². The lowest BCUT2D eigenvalue weighted by Gasteiger charge is -2.33. The predicted molar refractivity (Wildman–Crippen MR) is 40.3 cm³/mol. The average Bonchev–Trinajstić information content (AvgIpc) is 1.77. The zero-order valence-corrected chi connectivity index (χ0v) is 7.03. The fraction of sp³-hybridized carbons (Fsp3) is 1.00. The highest BCUT2D eigenvalue weighted by molar-refractivity contribution is 7.89. The minimum atomic E-state index is -3.47. The summed E-state index contributed by atoms with van der Waals surface area (Å²) in [6.45, 7) is 0. The van der Waals surface area contributed by atoms with Gasteiger partial charge < -0.3 is 0 Å². The second-order valence-corrected chi connectivity index (χ2v) is 4.86. The second-order valence-electron chi connectivity index (χ2n) is 3.12. The Morgan fingerprint density at radius 3 is 2.27 bits per heavy atom. The minimum absolute atomic E-state index is 0.0613. The molecule has 0 saturated heterocycles. The molecule has 2 N–H and O–H groups in total. The molecule has 0 atom stereocenters. The number of rotatable bonds is 3. The number of nitrogens with two attached hydrogens (primary N) is 1. The Kier molecular flexibility index (Phi) is 2.20. The van der Waals surface area contributed by atoms with Gasteiger partial charge in [0.2, 0.25) is 10.0 Å². The van der Waals surface area contributed by atoms with Gasteiger partial charge in [0.1, 0.15) is 5.67 Å². The van der Waals surface area contributed by atoms with Crippen LogP contribution in [0.5, 0.6) is 0 Å². The Hall–Kier alpha value is -0.160. The van der Waals surface area contributed by atoms with Crippen LogP contribution in [-0.4, -0.2) is 19.8 Å². The first kappa shape index (κ1) is 8.93. The number of hydrogen-bond acceptors (Lipinski definition) is 2. The van der Waals surface area contributed by atoms with Crippen molar-refractivity contribution >= 4 is 10.0 Å². The summed E-state index contributed by atoms with van der Waals surface area (Å²) < 4.78 is 34.0. The Morgan fingerprint density at radius 1 is 1.45 bits per heavy atom. The lowest BCUT2D eigenvalue weighted by Crippen LogP contribution is -2.35. The van der Waals surface area contributed by atoms with E-state index in [1.165, 1.54) is 0 Å². The fourth-order valence-corrected chi connectivity index (χ4v) is 1.79. The van der Waals surface area contributed by atoms with E-state index in [9.17, 15) is 12.8 Å². The van der Waals surface area contributed by atoms with E-state index in [-0.39, 0.29) is 12.2 Å². The molecule has 11 heavy (non-hydrogen) atoms. The summed E-state index contributed by atoms with van der Waals surface area (Å²) in [4.78, 5) is 0. The van der Waals surface area contributed by atoms with Gasteiger partial charge in [-0.1, -0.05) is 0 Å². The largest absolute Gasteiger partial charge is 0.244 e. The van der Waals surface area contributed by atoms with Crippen LogP contribution >= 0.6 is 0 Å². The molecule has 0 radical (unpaired) electrons. The van der Waals surface area contributed by atoms with Gasteiger partial charge >= 0.3 is 0 Å². The Balaban J connectivity index is 2.33. The number of primary sulfonamides is 1. The summed E-state index contributed by atoms with van der Waals surface area (Å²) in [5.41, 5.74) is -1.23. The molecule has 0 bridgehead atoms. The number of alkyl halides is 1. The van der Waals surface area contributed by atoms with E-state index in [2.05, 4.69) is 0 Å². The van der Waals surface area contributed by atoms with Crippen molar-refractivity contribution in [1.29, 1.82) is 0 Å². The molecule has 0 aromatic heterocycles. The van der Waals surface area contributed by atoms with Gasteiger partial charge in [0.25, 0.3) is 0 Å². The van der Waals surface area contributed by atoms with Gasteiger partial charge in [-0.25, -0.2) is 17.9 Å². The molecule has 5 heteroatoms.